The number of fused-ring (bicyclic) bond motifs is 2. The van der Waals surface area contributed by atoms with Gasteiger partial charge in [0.15, 0.2) is 0 Å². The molecule has 0 radical (unpaired) electrons. The van der Waals surface area contributed by atoms with Gasteiger partial charge in [-0.3, -0.25) is 9.69 Å². The molecule has 3 nitrogen and oxygen atoms in total. The third-order valence-corrected chi connectivity index (χ3v) is 7.69. The summed E-state index contributed by atoms with van der Waals surface area (Å²) < 4.78 is 5.91. The number of rotatable bonds is 2. The van der Waals surface area contributed by atoms with E-state index in [1.54, 1.807) is 0 Å². The van der Waals surface area contributed by atoms with Crippen LogP contribution in [0.2, 0.25) is 0 Å². The summed E-state index contributed by atoms with van der Waals surface area (Å²) in [4.78, 5) is 15.2. The molecule has 24 heavy (non-hydrogen) atoms. The van der Waals surface area contributed by atoms with Crippen molar-refractivity contribution in [3.8, 4) is 0 Å². The summed E-state index contributed by atoms with van der Waals surface area (Å²) in [7, 11) is 0. The van der Waals surface area contributed by atoms with Crippen molar-refractivity contribution in [3.63, 3.8) is 0 Å². The van der Waals surface area contributed by atoms with Crippen LogP contribution in [0.3, 0.4) is 0 Å². The predicted molar refractivity (Wildman–Crippen MR) is 95.6 cm³/mol. The minimum Gasteiger partial charge on any atom is -0.462 e. The first-order valence-corrected chi connectivity index (χ1v) is 10.1. The van der Waals surface area contributed by atoms with Crippen LogP contribution in [0.25, 0.3) is 0 Å². The third kappa shape index (κ3) is 2.73. The molecule has 0 aromatic rings. The molecule has 134 valence electrons. The highest BCUT2D eigenvalue weighted by Crippen LogP contribution is 2.57. The summed E-state index contributed by atoms with van der Waals surface area (Å²) in [5.41, 5.74) is 1.75. The van der Waals surface area contributed by atoms with E-state index in [9.17, 15) is 4.79 Å². The Morgan fingerprint density at radius 3 is 2.96 bits per heavy atom. The van der Waals surface area contributed by atoms with Gasteiger partial charge in [-0.15, -0.1) is 0 Å². The number of piperidine rings is 1. The number of ether oxygens (including phenoxy) is 1. The van der Waals surface area contributed by atoms with Crippen LogP contribution in [0.1, 0.15) is 65.2 Å². The highest BCUT2D eigenvalue weighted by molar-refractivity contribution is 5.75. The monoisotopic (exact) mass is 331 g/mol. The molecule has 3 heteroatoms. The van der Waals surface area contributed by atoms with Crippen molar-refractivity contribution in [2.45, 2.75) is 77.4 Å². The number of nitrogens with zero attached hydrogens (tertiary/aromatic N) is 1. The Kier molecular flexibility index (Phi) is 4.27. The fraction of sp³-hybridized carbons (Fsp3) is 0.857. The highest BCUT2D eigenvalue weighted by atomic mass is 16.6. The molecule has 2 saturated carbocycles. The Bertz CT molecular complexity index is 530. The zero-order chi connectivity index (χ0) is 16.9. The van der Waals surface area contributed by atoms with E-state index in [4.69, 9.17) is 4.74 Å². The lowest BCUT2D eigenvalue weighted by molar-refractivity contribution is -0.146. The Balaban J connectivity index is 1.51. The molecule has 4 fully saturated rings. The van der Waals surface area contributed by atoms with Crippen LogP contribution < -0.4 is 0 Å². The number of hydrogen-bond donors (Lipinski definition) is 0. The Morgan fingerprint density at radius 2 is 2.17 bits per heavy atom. The molecule has 0 bridgehead atoms. The smallest absolute Gasteiger partial charge is 0.310 e. The topological polar surface area (TPSA) is 29.5 Å². The molecule has 0 aromatic heterocycles. The van der Waals surface area contributed by atoms with Gasteiger partial charge in [0, 0.05) is 18.5 Å². The van der Waals surface area contributed by atoms with E-state index in [0.29, 0.717) is 23.3 Å². The molecule has 2 aliphatic carbocycles. The highest BCUT2D eigenvalue weighted by Gasteiger charge is 2.55. The van der Waals surface area contributed by atoms with Gasteiger partial charge >= 0.3 is 5.97 Å². The van der Waals surface area contributed by atoms with Gasteiger partial charge in [0.1, 0.15) is 6.10 Å². The zero-order valence-corrected chi connectivity index (χ0v) is 15.4. The number of esters is 1. The van der Waals surface area contributed by atoms with Crippen molar-refractivity contribution < 1.29 is 9.53 Å². The first-order valence-electron chi connectivity index (χ1n) is 10.1. The second-order valence-electron chi connectivity index (χ2n) is 9.24. The molecule has 4 rings (SSSR count). The molecular weight excluding hydrogens is 298 g/mol. The normalized spacial score (nSPS) is 46.3. The molecule has 3 unspecified atom stereocenters. The molecule has 0 amide bonds. The largest absolute Gasteiger partial charge is 0.462 e. The standard InChI is InChI=1S/C21H33NO2/c1-14-7-6-9-21(3)12-19-16(11-18(14)21)17(20(23)24-19)13-22-10-5-4-8-15(22)2/h15-19H,1,4-13H2,2-3H3/t15?,16-,17?,18?,19-,21-/m1/s1. The average Bonchev–Trinajstić information content (AvgIpc) is 2.82. The van der Waals surface area contributed by atoms with E-state index in [1.807, 2.05) is 0 Å². The van der Waals surface area contributed by atoms with Gasteiger partial charge in [0.25, 0.3) is 0 Å². The van der Waals surface area contributed by atoms with Gasteiger partial charge < -0.3 is 4.74 Å². The van der Waals surface area contributed by atoms with Crippen molar-refractivity contribution in [2.24, 2.45) is 23.2 Å². The van der Waals surface area contributed by atoms with Gasteiger partial charge in [-0.1, -0.05) is 25.5 Å². The predicted octanol–water partition coefficient (Wildman–Crippen LogP) is 4.18. The van der Waals surface area contributed by atoms with Crippen LogP contribution >= 0.6 is 0 Å². The second kappa shape index (κ2) is 6.16. The molecule has 4 aliphatic rings. The average molecular weight is 332 g/mol. The summed E-state index contributed by atoms with van der Waals surface area (Å²) >= 11 is 0. The van der Waals surface area contributed by atoms with E-state index in [0.717, 1.165) is 25.9 Å². The van der Waals surface area contributed by atoms with Crippen LogP contribution in [0.15, 0.2) is 12.2 Å². The lowest BCUT2D eigenvalue weighted by Crippen LogP contribution is -2.47. The maximum atomic E-state index is 12.6. The molecule has 2 saturated heterocycles. The van der Waals surface area contributed by atoms with Crippen LogP contribution in [0.4, 0.5) is 0 Å². The van der Waals surface area contributed by atoms with E-state index < -0.39 is 0 Å². The van der Waals surface area contributed by atoms with Gasteiger partial charge in [0.2, 0.25) is 0 Å². The maximum Gasteiger partial charge on any atom is 0.310 e. The first kappa shape index (κ1) is 16.6. The summed E-state index contributed by atoms with van der Waals surface area (Å²) in [5.74, 6) is 1.19. The lowest BCUT2D eigenvalue weighted by Gasteiger charge is -2.50. The molecule has 0 spiro atoms. The van der Waals surface area contributed by atoms with Crippen LogP contribution in [0.5, 0.6) is 0 Å². The fourth-order valence-electron chi connectivity index (χ4n) is 6.15. The molecule has 0 N–H and O–H groups in total. The summed E-state index contributed by atoms with van der Waals surface area (Å²) in [6.45, 7) is 11.2. The quantitative estimate of drug-likeness (QED) is 0.562. The fourth-order valence-corrected chi connectivity index (χ4v) is 6.15. The number of likely N-dealkylation sites (tertiary alicyclic amines) is 1. The molecule has 6 atom stereocenters. The van der Waals surface area contributed by atoms with Crippen LogP contribution in [-0.2, 0) is 9.53 Å². The number of carbonyl (C=O) groups excluding carboxylic acids is 1. The summed E-state index contributed by atoms with van der Waals surface area (Å²) in [5, 5.41) is 0. The number of hydrogen-bond acceptors (Lipinski definition) is 3. The van der Waals surface area contributed by atoms with Crippen molar-refractivity contribution in [2.75, 3.05) is 13.1 Å². The Labute approximate surface area is 146 Å². The van der Waals surface area contributed by atoms with Gasteiger partial charge in [-0.2, -0.15) is 0 Å². The molecule has 2 aliphatic heterocycles. The SMILES string of the molecule is C=C1CCC[C@]2(C)C[C@H]3OC(=O)C(CN4CCCCC4C)[C@H]3CC12. The molecular formula is C21H33NO2. The van der Waals surface area contributed by atoms with E-state index >= 15 is 0 Å². The van der Waals surface area contributed by atoms with Crippen molar-refractivity contribution in [1.82, 2.24) is 4.90 Å². The Hall–Kier alpha value is -0.830. The number of allylic oxidation sites excluding steroid dienone is 1. The van der Waals surface area contributed by atoms with Crippen molar-refractivity contribution >= 4 is 5.97 Å². The first-order chi connectivity index (χ1) is 11.5. The molecule has 0 aromatic carbocycles. The van der Waals surface area contributed by atoms with E-state index in [-0.39, 0.29) is 18.0 Å². The molecule has 2 heterocycles. The van der Waals surface area contributed by atoms with Crippen LogP contribution in [-0.4, -0.2) is 36.1 Å². The van der Waals surface area contributed by atoms with E-state index in [1.165, 1.54) is 44.1 Å². The van der Waals surface area contributed by atoms with E-state index in [2.05, 4.69) is 25.3 Å². The summed E-state index contributed by atoms with van der Waals surface area (Å²) in [6, 6.07) is 0.615. The van der Waals surface area contributed by atoms with Crippen molar-refractivity contribution in [1.29, 1.82) is 0 Å². The van der Waals surface area contributed by atoms with Crippen molar-refractivity contribution in [3.05, 3.63) is 12.2 Å². The van der Waals surface area contributed by atoms with Gasteiger partial charge in [-0.25, -0.2) is 0 Å². The lowest BCUT2D eigenvalue weighted by atomic mass is 9.55. The Morgan fingerprint density at radius 1 is 1.33 bits per heavy atom. The minimum absolute atomic E-state index is 0.0793. The van der Waals surface area contributed by atoms with Crippen LogP contribution in [0, 0.1) is 23.2 Å². The summed E-state index contributed by atoms with van der Waals surface area (Å²) in [6.07, 6.45) is 9.93. The minimum atomic E-state index is 0.0793. The van der Waals surface area contributed by atoms with Gasteiger partial charge in [0.05, 0.1) is 5.92 Å². The maximum absolute atomic E-state index is 12.6. The third-order valence-electron chi connectivity index (χ3n) is 7.69. The second-order valence-corrected chi connectivity index (χ2v) is 9.24. The van der Waals surface area contributed by atoms with Gasteiger partial charge in [-0.05, 0) is 69.7 Å². The number of carbonyl (C=O) groups is 1. The zero-order valence-electron chi connectivity index (χ0n) is 15.4.